The molecule has 0 amide bonds. The molecule has 2 N–H and O–H groups in total. The van der Waals surface area contributed by atoms with Crippen molar-refractivity contribution in [3.05, 3.63) is 35.4 Å². The average molecular weight is 332 g/mol. The minimum Gasteiger partial charge on any atom is -0.327 e. The predicted octanol–water partition coefficient (Wildman–Crippen LogP) is 1.30. The Hall–Kier alpha value is -0.158. The molecule has 1 nitrogen and oxygen atoms in total. The van der Waals surface area contributed by atoms with Crippen molar-refractivity contribution in [2.75, 3.05) is 0 Å². The molecule has 1 aliphatic rings. The molecule has 0 saturated carbocycles. The molecule has 2 rings (SSSR count). The van der Waals surface area contributed by atoms with Crippen LogP contribution < -0.4 is 5.73 Å². The van der Waals surface area contributed by atoms with E-state index in [0.717, 1.165) is 19.3 Å². The van der Waals surface area contributed by atoms with Crippen molar-refractivity contribution in [3.63, 3.8) is 0 Å². The molecule has 1 aliphatic carbocycles. The molecule has 2 heteroatoms. The zero-order valence-corrected chi connectivity index (χ0v) is 9.60. The third-order valence-electron chi connectivity index (χ3n) is 2.29. The number of hydrogen-bond donors (Lipinski definition) is 1. The molecule has 0 heterocycles. The first-order chi connectivity index (χ1) is 5.36. The summed E-state index contributed by atoms with van der Waals surface area (Å²) in [7, 11) is 0. The molecule has 1 atom stereocenters. The first-order valence-electron chi connectivity index (χ1n) is 4.10. The van der Waals surface area contributed by atoms with Gasteiger partial charge in [0.2, 0.25) is 0 Å². The Bertz CT molecular complexity index is 260. The van der Waals surface area contributed by atoms with Gasteiger partial charge in [-0.1, -0.05) is 6.42 Å². The van der Waals surface area contributed by atoms with E-state index < -0.39 is 0 Å². The quantitative estimate of drug-likeness (QED) is 0.712. The summed E-state index contributed by atoms with van der Waals surface area (Å²) >= 11 is 0. The van der Waals surface area contributed by atoms with Crippen molar-refractivity contribution in [1.29, 1.82) is 0 Å². The second-order valence-electron chi connectivity index (χ2n) is 3.18. The summed E-state index contributed by atoms with van der Waals surface area (Å²) < 4.78 is 0. The SMILES string of the molecule is NC1CCc2ccc[c-]c2C1.[Re]. The van der Waals surface area contributed by atoms with Gasteiger partial charge in [0.25, 0.3) is 0 Å². The molecule has 1 unspecified atom stereocenters. The minimum absolute atomic E-state index is 0. The van der Waals surface area contributed by atoms with Gasteiger partial charge < -0.3 is 5.73 Å². The van der Waals surface area contributed by atoms with E-state index in [4.69, 9.17) is 5.73 Å². The molecule has 0 saturated heterocycles. The fourth-order valence-electron chi connectivity index (χ4n) is 1.64. The molecular formula is C10H12NRe-. The molecule has 0 spiro atoms. The number of benzene rings is 1. The summed E-state index contributed by atoms with van der Waals surface area (Å²) in [5.41, 5.74) is 8.59. The molecule has 0 fully saturated rings. The molecule has 1 radical (unpaired) electrons. The van der Waals surface area contributed by atoms with Crippen LogP contribution in [0.3, 0.4) is 0 Å². The zero-order valence-electron chi connectivity index (χ0n) is 6.89. The van der Waals surface area contributed by atoms with Gasteiger partial charge in [-0.3, -0.25) is 0 Å². The monoisotopic (exact) mass is 333 g/mol. The second kappa shape index (κ2) is 4.18. The third-order valence-corrected chi connectivity index (χ3v) is 2.29. The van der Waals surface area contributed by atoms with Gasteiger partial charge in [-0.15, -0.1) is 0 Å². The third kappa shape index (κ3) is 1.95. The molecule has 0 aromatic heterocycles. The van der Waals surface area contributed by atoms with Crippen LogP contribution in [0.2, 0.25) is 0 Å². The van der Waals surface area contributed by atoms with Gasteiger partial charge >= 0.3 is 0 Å². The molecule has 0 aliphatic heterocycles. The number of fused-ring (bicyclic) bond motifs is 1. The van der Waals surface area contributed by atoms with E-state index in [1.54, 1.807) is 0 Å². The average Bonchev–Trinajstić information content (AvgIpc) is 2.04. The molecule has 1 aromatic rings. The van der Waals surface area contributed by atoms with Gasteiger partial charge in [-0.05, 0) is 12.8 Å². The van der Waals surface area contributed by atoms with Crippen LogP contribution in [-0.2, 0) is 33.3 Å². The number of nitrogens with two attached hydrogens (primary N) is 1. The van der Waals surface area contributed by atoms with Crippen LogP contribution in [0.15, 0.2) is 18.2 Å². The van der Waals surface area contributed by atoms with Crippen LogP contribution in [0.1, 0.15) is 17.5 Å². The van der Waals surface area contributed by atoms with E-state index in [2.05, 4.69) is 18.2 Å². The molecular weight excluding hydrogens is 320 g/mol. The Morgan fingerprint density at radius 1 is 1.50 bits per heavy atom. The van der Waals surface area contributed by atoms with Crippen LogP contribution in [0, 0.1) is 6.07 Å². The maximum absolute atomic E-state index is 5.83. The van der Waals surface area contributed by atoms with Crippen LogP contribution >= 0.6 is 0 Å². The van der Waals surface area contributed by atoms with E-state index in [-0.39, 0.29) is 20.4 Å². The smallest absolute Gasteiger partial charge is 0.00527 e. The van der Waals surface area contributed by atoms with E-state index in [0.29, 0.717) is 6.04 Å². The van der Waals surface area contributed by atoms with Crippen molar-refractivity contribution in [1.82, 2.24) is 0 Å². The predicted molar refractivity (Wildman–Crippen MR) is 45.3 cm³/mol. The van der Waals surface area contributed by atoms with Crippen LogP contribution in [0.5, 0.6) is 0 Å². The Morgan fingerprint density at radius 2 is 2.33 bits per heavy atom. The molecule has 12 heavy (non-hydrogen) atoms. The topological polar surface area (TPSA) is 26.0 Å². The van der Waals surface area contributed by atoms with E-state index >= 15 is 0 Å². The summed E-state index contributed by atoms with van der Waals surface area (Å²) in [4.78, 5) is 0. The van der Waals surface area contributed by atoms with Crippen molar-refractivity contribution in [2.45, 2.75) is 25.3 Å². The van der Waals surface area contributed by atoms with Gasteiger partial charge in [-0.25, -0.2) is 0 Å². The summed E-state index contributed by atoms with van der Waals surface area (Å²) in [5, 5.41) is 0. The van der Waals surface area contributed by atoms with Crippen molar-refractivity contribution >= 4 is 0 Å². The van der Waals surface area contributed by atoms with Gasteiger partial charge in [0, 0.05) is 26.5 Å². The molecule has 0 bridgehead atoms. The van der Waals surface area contributed by atoms with Gasteiger partial charge in [0.15, 0.2) is 0 Å². The summed E-state index contributed by atoms with van der Waals surface area (Å²) in [6, 6.07) is 9.80. The van der Waals surface area contributed by atoms with Gasteiger partial charge in [-0.2, -0.15) is 35.4 Å². The summed E-state index contributed by atoms with van der Waals surface area (Å²) in [5.74, 6) is 0. The Balaban J connectivity index is 0.000000720. The Kier molecular flexibility index (Phi) is 3.46. The van der Waals surface area contributed by atoms with Crippen LogP contribution in [0.4, 0.5) is 0 Å². The van der Waals surface area contributed by atoms with Crippen molar-refractivity contribution in [2.24, 2.45) is 5.73 Å². The second-order valence-corrected chi connectivity index (χ2v) is 3.18. The fraction of sp³-hybridized carbons (Fsp3) is 0.400. The minimum atomic E-state index is 0. The largest absolute Gasteiger partial charge is 0.327 e. The van der Waals surface area contributed by atoms with Gasteiger partial charge in [0.1, 0.15) is 0 Å². The van der Waals surface area contributed by atoms with E-state index in [1.165, 1.54) is 11.1 Å². The summed E-state index contributed by atoms with van der Waals surface area (Å²) in [6.45, 7) is 0. The number of aryl methyl sites for hydroxylation is 1. The molecule has 1 aromatic carbocycles. The van der Waals surface area contributed by atoms with Gasteiger partial charge in [0.05, 0.1) is 0 Å². The van der Waals surface area contributed by atoms with Crippen LogP contribution in [-0.4, -0.2) is 6.04 Å². The maximum Gasteiger partial charge on any atom is 0.00527 e. The number of rotatable bonds is 0. The first kappa shape index (κ1) is 9.93. The fourth-order valence-corrected chi connectivity index (χ4v) is 1.64. The maximum atomic E-state index is 5.83. The standard InChI is InChI=1S/C10H12N.Re/c11-10-6-5-8-3-1-2-4-9(8)7-10;/h1-3,10H,5-7,11H2;/q-1;. The summed E-state index contributed by atoms with van der Waals surface area (Å²) in [6.07, 6.45) is 3.27. The number of hydrogen-bond acceptors (Lipinski definition) is 1. The van der Waals surface area contributed by atoms with Crippen molar-refractivity contribution in [3.8, 4) is 0 Å². The normalized spacial score (nSPS) is 20.9. The first-order valence-corrected chi connectivity index (χ1v) is 4.10. The van der Waals surface area contributed by atoms with E-state index in [9.17, 15) is 0 Å². The zero-order chi connectivity index (χ0) is 7.68. The van der Waals surface area contributed by atoms with E-state index in [1.807, 2.05) is 6.07 Å². The molecule has 65 valence electrons. The Labute approximate surface area is 87.0 Å². The van der Waals surface area contributed by atoms with Crippen molar-refractivity contribution < 1.29 is 20.4 Å². The van der Waals surface area contributed by atoms with Crippen LogP contribution in [0.25, 0.3) is 0 Å². The Morgan fingerprint density at radius 3 is 3.17 bits per heavy atom.